The van der Waals surface area contributed by atoms with Gasteiger partial charge in [-0.1, -0.05) is 18.5 Å². The van der Waals surface area contributed by atoms with Gasteiger partial charge in [-0.05, 0) is 25.0 Å². The zero-order chi connectivity index (χ0) is 9.42. The molecule has 0 bridgehead atoms. The van der Waals surface area contributed by atoms with E-state index in [0.29, 0.717) is 5.16 Å². The van der Waals surface area contributed by atoms with E-state index in [9.17, 15) is 0 Å². The van der Waals surface area contributed by atoms with Gasteiger partial charge in [0.25, 0.3) is 0 Å². The van der Waals surface area contributed by atoms with Gasteiger partial charge in [-0.2, -0.15) is 0 Å². The van der Waals surface area contributed by atoms with Crippen LogP contribution in [0.1, 0.15) is 20.3 Å². The maximum Gasteiger partial charge on any atom is 0.149 e. The predicted octanol–water partition coefficient (Wildman–Crippen LogP) is 1.98. The number of hydrogen-bond donors (Lipinski definition) is 1. The average Bonchev–Trinajstić information content (AvgIpc) is 2.47. The first kappa shape index (κ1) is 8.78. The third-order valence-electron chi connectivity index (χ3n) is 2.23. The molecule has 0 aromatic heterocycles. The maximum atomic E-state index is 6.04. The fourth-order valence-corrected chi connectivity index (χ4v) is 1.81. The normalized spacial score (nSPS) is 21.6. The third-order valence-corrected chi connectivity index (χ3v) is 2.51. The van der Waals surface area contributed by atoms with Gasteiger partial charge < -0.3 is 0 Å². The SMILES string of the molecule is CCC1=C2N=C(C)C=C(Cl)N2NC1. The molecule has 0 aromatic carbocycles. The van der Waals surface area contributed by atoms with Crippen LogP contribution in [0.4, 0.5) is 0 Å². The molecule has 0 saturated heterocycles. The molecule has 0 atom stereocenters. The molecule has 0 spiro atoms. The van der Waals surface area contributed by atoms with Crippen LogP contribution in [0.3, 0.4) is 0 Å². The molecule has 0 saturated carbocycles. The van der Waals surface area contributed by atoms with Crippen molar-refractivity contribution in [2.75, 3.05) is 6.54 Å². The number of halogens is 1. The minimum atomic E-state index is 0.700. The fraction of sp³-hybridized carbons (Fsp3) is 0.444. The highest BCUT2D eigenvalue weighted by Gasteiger charge is 2.25. The number of hydrogen-bond acceptors (Lipinski definition) is 3. The van der Waals surface area contributed by atoms with Crippen LogP contribution in [0.25, 0.3) is 0 Å². The van der Waals surface area contributed by atoms with Crippen LogP contribution in [-0.4, -0.2) is 17.3 Å². The van der Waals surface area contributed by atoms with Crippen molar-refractivity contribution in [3.05, 3.63) is 22.6 Å². The summed E-state index contributed by atoms with van der Waals surface area (Å²) >= 11 is 6.04. The summed E-state index contributed by atoms with van der Waals surface area (Å²) in [6.07, 6.45) is 2.87. The second kappa shape index (κ2) is 3.16. The molecule has 2 aliphatic heterocycles. The molecule has 3 nitrogen and oxygen atoms in total. The summed E-state index contributed by atoms with van der Waals surface area (Å²) in [7, 11) is 0. The second-order valence-electron chi connectivity index (χ2n) is 3.17. The minimum absolute atomic E-state index is 0.700. The van der Waals surface area contributed by atoms with Gasteiger partial charge in [0.05, 0.1) is 0 Å². The third kappa shape index (κ3) is 1.38. The molecule has 13 heavy (non-hydrogen) atoms. The summed E-state index contributed by atoms with van der Waals surface area (Å²) in [4.78, 5) is 4.45. The van der Waals surface area contributed by atoms with E-state index in [1.54, 1.807) is 0 Å². The van der Waals surface area contributed by atoms with Crippen molar-refractivity contribution in [2.45, 2.75) is 20.3 Å². The van der Waals surface area contributed by atoms with E-state index in [-0.39, 0.29) is 0 Å². The van der Waals surface area contributed by atoms with Gasteiger partial charge in [0.1, 0.15) is 11.0 Å². The van der Waals surface area contributed by atoms with Gasteiger partial charge in [-0.25, -0.2) is 15.4 Å². The van der Waals surface area contributed by atoms with Crippen LogP contribution >= 0.6 is 11.6 Å². The van der Waals surface area contributed by atoms with Crippen LogP contribution in [0.2, 0.25) is 0 Å². The van der Waals surface area contributed by atoms with E-state index in [0.717, 1.165) is 24.5 Å². The molecular weight excluding hydrogens is 186 g/mol. The second-order valence-corrected chi connectivity index (χ2v) is 3.56. The van der Waals surface area contributed by atoms with E-state index in [2.05, 4.69) is 17.3 Å². The average molecular weight is 198 g/mol. The van der Waals surface area contributed by atoms with Crippen molar-refractivity contribution >= 4 is 17.3 Å². The Kier molecular flexibility index (Phi) is 2.14. The van der Waals surface area contributed by atoms with Crippen LogP contribution < -0.4 is 5.43 Å². The molecule has 2 rings (SSSR count). The fourth-order valence-electron chi connectivity index (χ4n) is 1.51. The Bertz CT molecular complexity index is 328. The van der Waals surface area contributed by atoms with E-state index in [4.69, 9.17) is 11.6 Å². The highest BCUT2D eigenvalue weighted by Crippen LogP contribution is 2.28. The van der Waals surface area contributed by atoms with Crippen molar-refractivity contribution in [1.82, 2.24) is 10.4 Å². The van der Waals surface area contributed by atoms with Crippen molar-refractivity contribution < 1.29 is 0 Å². The molecular formula is C9H12ClN3. The van der Waals surface area contributed by atoms with Crippen molar-refractivity contribution in [3.63, 3.8) is 0 Å². The van der Waals surface area contributed by atoms with Gasteiger partial charge in [-0.3, -0.25) is 0 Å². The zero-order valence-electron chi connectivity index (χ0n) is 7.76. The van der Waals surface area contributed by atoms with E-state index in [1.165, 1.54) is 5.57 Å². The number of nitrogens with zero attached hydrogens (tertiary/aromatic N) is 2. The summed E-state index contributed by atoms with van der Waals surface area (Å²) in [5.41, 5.74) is 5.46. The lowest BCUT2D eigenvalue weighted by molar-refractivity contribution is 0.371. The molecule has 0 amide bonds. The first-order valence-corrected chi connectivity index (χ1v) is 4.78. The maximum absolute atomic E-state index is 6.04. The summed E-state index contributed by atoms with van der Waals surface area (Å²) in [6.45, 7) is 4.94. The Labute approximate surface area is 82.7 Å². The molecule has 4 heteroatoms. The highest BCUT2D eigenvalue weighted by atomic mass is 35.5. The van der Waals surface area contributed by atoms with Crippen LogP contribution in [-0.2, 0) is 0 Å². The van der Waals surface area contributed by atoms with Crippen molar-refractivity contribution in [2.24, 2.45) is 4.99 Å². The Morgan fingerprint density at radius 2 is 2.46 bits per heavy atom. The molecule has 1 N–H and O–H groups in total. The van der Waals surface area contributed by atoms with Crippen LogP contribution in [0.5, 0.6) is 0 Å². The smallest absolute Gasteiger partial charge is 0.149 e. The van der Waals surface area contributed by atoms with Gasteiger partial charge in [0.2, 0.25) is 0 Å². The van der Waals surface area contributed by atoms with Crippen LogP contribution in [0, 0.1) is 0 Å². The Morgan fingerprint density at radius 1 is 1.69 bits per heavy atom. The first-order chi connectivity index (χ1) is 6.22. The van der Waals surface area contributed by atoms with Crippen LogP contribution in [0.15, 0.2) is 27.6 Å². The Balaban J connectivity index is 2.42. The molecule has 0 aliphatic carbocycles. The quantitative estimate of drug-likeness (QED) is 0.651. The molecule has 2 aliphatic rings. The molecule has 2 heterocycles. The summed E-state index contributed by atoms with van der Waals surface area (Å²) in [5, 5.41) is 2.54. The molecule has 70 valence electrons. The number of allylic oxidation sites excluding steroid dienone is 1. The van der Waals surface area contributed by atoms with Crippen molar-refractivity contribution in [1.29, 1.82) is 0 Å². The number of fused-ring (bicyclic) bond motifs is 1. The standard InChI is InChI=1S/C9H12ClN3/c1-3-7-5-11-13-8(10)4-6(2)12-9(7)13/h4,11H,3,5H2,1-2H3. The largest absolute Gasteiger partial charge is 0.248 e. The lowest BCUT2D eigenvalue weighted by Crippen LogP contribution is -2.31. The molecule has 0 aromatic rings. The molecule has 0 unspecified atom stereocenters. The van der Waals surface area contributed by atoms with Gasteiger partial charge in [-0.15, -0.1) is 0 Å². The first-order valence-electron chi connectivity index (χ1n) is 4.40. The highest BCUT2D eigenvalue weighted by molar-refractivity contribution is 6.31. The van der Waals surface area contributed by atoms with Gasteiger partial charge >= 0.3 is 0 Å². The monoisotopic (exact) mass is 197 g/mol. The Hall–Kier alpha value is -0.800. The predicted molar refractivity (Wildman–Crippen MR) is 54.2 cm³/mol. The minimum Gasteiger partial charge on any atom is -0.248 e. The van der Waals surface area contributed by atoms with Gasteiger partial charge in [0.15, 0.2) is 0 Å². The topological polar surface area (TPSA) is 27.6 Å². The summed E-state index contributed by atoms with van der Waals surface area (Å²) < 4.78 is 0. The van der Waals surface area contributed by atoms with E-state index >= 15 is 0 Å². The number of nitrogens with one attached hydrogen (secondary N) is 1. The lowest BCUT2D eigenvalue weighted by atomic mass is 10.2. The summed E-state index contributed by atoms with van der Waals surface area (Å²) in [6, 6.07) is 0. The van der Waals surface area contributed by atoms with Gasteiger partial charge in [0, 0.05) is 12.3 Å². The lowest BCUT2D eigenvalue weighted by Gasteiger charge is -2.22. The molecule has 0 radical (unpaired) electrons. The Morgan fingerprint density at radius 3 is 3.15 bits per heavy atom. The van der Waals surface area contributed by atoms with Crippen molar-refractivity contribution in [3.8, 4) is 0 Å². The summed E-state index contributed by atoms with van der Waals surface area (Å²) in [5.74, 6) is 0.979. The number of aliphatic imine (C=N–C) groups is 1. The van der Waals surface area contributed by atoms with E-state index < -0.39 is 0 Å². The number of hydrazine groups is 1. The van der Waals surface area contributed by atoms with E-state index in [1.807, 2.05) is 18.0 Å². The number of rotatable bonds is 1. The zero-order valence-corrected chi connectivity index (χ0v) is 8.52. The molecule has 0 fully saturated rings.